The van der Waals surface area contributed by atoms with Gasteiger partial charge < -0.3 is 9.30 Å². The van der Waals surface area contributed by atoms with E-state index in [9.17, 15) is 4.79 Å². The lowest BCUT2D eigenvalue weighted by atomic mass is 10.4. The molecule has 0 aliphatic carbocycles. The molecule has 0 fully saturated rings. The third kappa shape index (κ3) is 2.30. The van der Waals surface area contributed by atoms with Crippen LogP contribution in [0.5, 0.6) is 5.88 Å². The zero-order chi connectivity index (χ0) is 9.84. The lowest BCUT2D eigenvalue weighted by Crippen LogP contribution is -2.22. The Balaban J connectivity index is 3.19. The molecule has 72 valence electrons. The van der Waals surface area contributed by atoms with E-state index in [-0.39, 0.29) is 11.4 Å². The normalized spacial score (nSPS) is 10.1. The van der Waals surface area contributed by atoms with Crippen molar-refractivity contribution < 1.29 is 4.74 Å². The van der Waals surface area contributed by atoms with Gasteiger partial charge in [0, 0.05) is 12.7 Å². The van der Waals surface area contributed by atoms with E-state index in [0.29, 0.717) is 11.1 Å². The average Bonchev–Trinajstić information content (AvgIpc) is 2.11. The molecule has 1 heterocycles. The van der Waals surface area contributed by atoms with Crippen molar-refractivity contribution in [3.63, 3.8) is 0 Å². The minimum atomic E-state index is -0.187. The number of aryl methyl sites for hydroxylation is 1. The molecule has 0 saturated carbocycles. The van der Waals surface area contributed by atoms with Crippen LogP contribution < -0.4 is 10.3 Å². The van der Waals surface area contributed by atoms with Crippen molar-refractivity contribution in [2.75, 3.05) is 7.11 Å². The van der Waals surface area contributed by atoms with Gasteiger partial charge in [-0.25, -0.2) is 0 Å². The molecule has 1 aromatic heterocycles. The van der Waals surface area contributed by atoms with Crippen LogP contribution in [0.1, 0.15) is 13.3 Å². The Hall–Kier alpha value is -0.840. The van der Waals surface area contributed by atoms with Gasteiger partial charge >= 0.3 is 5.56 Å². The van der Waals surface area contributed by atoms with Crippen LogP contribution >= 0.6 is 15.9 Å². The zero-order valence-corrected chi connectivity index (χ0v) is 9.17. The zero-order valence-electron chi connectivity index (χ0n) is 7.58. The van der Waals surface area contributed by atoms with E-state index in [2.05, 4.69) is 20.9 Å². The molecule has 1 aromatic rings. The van der Waals surface area contributed by atoms with Crippen molar-refractivity contribution in [2.24, 2.45) is 0 Å². The third-order valence-electron chi connectivity index (χ3n) is 1.57. The van der Waals surface area contributed by atoms with Crippen molar-refractivity contribution in [1.82, 2.24) is 9.55 Å². The van der Waals surface area contributed by atoms with Crippen molar-refractivity contribution in [2.45, 2.75) is 19.9 Å². The van der Waals surface area contributed by atoms with Gasteiger partial charge in [0.15, 0.2) is 0 Å². The van der Waals surface area contributed by atoms with E-state index in [1.54, 1.807) is 10.8 Å². The number of methoxy groups -OCH3 is 1. The smallest absolute Gasteiger partial charge is 0.313 e. The number of ether oxygens (including phenoxy) is 1. The summed E-state index contributed by atoms with van der Waals surface area (Å²) in [6, 6.07) is 0. The second-order valence-electron chi connectivity index (χ2n) is 2.57. The maximum absolute atomic E-state index is 11.5. The molecule has 0 amide bonds. The van der Waals surface area contributed by atoms with E-state index in [1.165, 1.54) is 7.11 Å². The van der Waals surface area contributed by atoms with Crippen LogP contribution in [-0.2, 0) is 6.54 Å². The van der Waals surface area contributed by atoms with Crippen molar-refractivity contribution in [1.29, 1.82) is 0 Å². The fraction of sp³-hybridized carbons (Fsp3) is 0.500. The predicted octanol–water partition coefficient (Wildman–Crippen LogP) is 1.42. The summed E-state index contributed by atoms with van der Waals surface area (Å²) in [5.41, 5.74) is -0.187. The molecule has 4 nitrogen and oxygen atoms in total. The first kappa shape index (κ1) is 10.2. The summed E-state index contributed by atoms with van der Waals surface area (Å²) >= 11 is 3.21. The van der Waals surface area contributed by atoms with Crippen LogP contribution in [0.25, 0.3) is 0 Å². The minimum Gasteiger partial charge on any atom is -0.477 e. The minimum absolute atomic E-state index is 0.128. The second-order valence-corrected chi connectivity index (χ2v) is 3.38. The summed E-state index contributed by atoms with van der Waals surface area (Å²) in [6.07, 6.45) is 2.56. The Morgan fingerprint density at radius 3 is 2.92 bits per heavy atom. The van der Waals surface area contributed by atoms with Gasteiger partial charge in [0.25, 0.3) is 5.88 Å². The van der Waals surface area contributed by atoms with E-state index in [4.69, 9.17) is 4.74 Å². The first-order valence-electron chi connectivity index (χ1n) is 4.00. The first-order valence-corrected chi connectivity index (χ1v) is 4.79. The molecule has 0 aromatic carbocycles. The lowest BCUT2D eigenvalue weighted by molar-refractivity contribution is 0.382. The molecular weight excluding hydrogens is 236 g/mol. The van der Waals surface area contributed by atoms with E-state index in [0.717, 1.165) is 6.42 Å². The summed E-state index contributed by atoms with van der Waals surface area (Å²) in [5, 5.41) is 0. The number of hydrogen-bond acceptors (Lipinski definition) is 3. The van der Waals surface area contributed by atoms with Gasteiger partial charge in [-0.3, -0.25) is 4.79 Å². The topological polar surface area (TPSA) is 44.1 Å². The number of nitrogens with zero attached hydrogens (tertiary/aromatic N) is 2. The lowest BCUT2D eigenvalue weighted by Gasteiger charge is -2.05. The fourth-order valence-corrected chi connectivity index (χ4v) is 1.43. The Bertz CT molecular complexity index is 348. The van der Waals surface area contributed by atoms with Crippen LogP contribution in [0, 0.1) is 0 Å². The molecule has 0 atom stereocenters. The Morgan fingerprint density at radius 2 is 2.38 bits per heavy atom. The highest BCUT2D eigenvalue weighted by atomic mass is 79.9. The molecule has 5 heteroatoms. The van der Waals surface area contributed by atoms with Crippen molar-refractivity contribution in [3.05, 3.63) is 21.2 Å². The molecule has 13 heavy (non-hydrogen) atoms. The van der Waals surface area contributed by atoms with Crippen molar-refractivity contribution >= 4 is 15.9 Å². The maximum atomic E-state index is 11.5. The summed E-state index contributed by atoms with van der Waals surface area (Å²) in [5.74, 6) is 0.128. The molecule has 0 bridgehead atoms. The highest BCUT2D eigenvalue weighted by Gasteiger charge is 2.06. The van der Waals surface area contributed by atoms with Gasteiger partial charge in [0.1, 0.15) is 4.60 Å². The molecule has 0 aliphatic heterocycles. The van der Waals surface area contributed by atoms with Gasteiger partial charge in [0.05, 0.1) is 7.11 Å². The van der Waals surface area contributed by atoms with E-state index in [1.807, 2.05) is 6.92 Å². The number of hydrogen-bond donors (Lipinski definition) is 0. The fourth-order valence-electron chi connectivity index (χ4n) is 1.02. The number of halogens is 1. The quantitative estimate of drug-likeness (QED) is 0.811. The molecule has 0 N–H and O–H groups in total. The molecule has 0 radical (unpaired) electrons. The van der Waals surface area contributed by atoms with Crippen LogP contribution in [0.15, 0.2) is 15.6 Å². The van der Waals surface area contributed by atoms with Gasteiger partial charge in [-0.05, 0) is 22.4 Å². The van der Waals surface area contributed by atoms with Crippen LogP contribution in [0.4, 0.5) is 0 Å². The highest BCUT2D eigenvalue weighted by Crippen LogP contribution is 2.07. The molecular formula is C8H11BrN2O2. The standard InChI is InChI=1S/C8H11BrN2O2/c1-3-4-11-5-6(9)10-7(13-2)8(11)12/h5H,3-4H2,1-2H3. The molecule has 0 spiro atoms. The summed E-state index contributed by atoms with van der Waals surface area (Å²) < 4.78 is 7.03. The Labute approximate surface area is 84.7 Å². The molecule has 0 unspecified atom stereocenters. The molecule has 0 saturated heterocycles. The Morgan fingerprint density at radius 1 is 1.69 bits per heavy atom. The predicted molar refractivity (Wildman–Crippen MR) is 53.0 cm³/mol. The highest BCUT2D eigenvalue weighted by molar-refractivity contribution is 9.10. The van der Waals surface area contributed by atoms with Gasteiger partial charge in [-0.2, -0.15) is 4.98 Å². The van der Waals surface area contributed by atoms with Crippen LogP contribution in [0.2, 0.25) is 0 Å². The van der Waals surface area contributed by atoms with Gasteiger partial charge in [0.2, 0.25) is 0 Å². The largest absolute Gasteiger partial charge is 0.477 e. The molecule has 0 aliphatic rings. The van der Waals surface area contributed by atoms with E-state index < -0.39 is 0 Å². The third-order valence-corrected chi connectivity index (χ3v) is 1.95. The average molecular weight is 247 g/mol. The summed E-state index contributed by atoms with van der Waals surface area (Å²) in [7, 11) is 1.44. The second kappa shape index (κ2) is 4.41. The van der Waals surface area contributed by atoms with Gasteiger partial charge in [-0.1, -0.05) is 6.92 Å². The summed E-state index contributed by atoms with van der Waals surface area (Å²) in [4.78, 5) is 15.4. The summed E-state index contributed by atoms with van der Waals surface area (Å²) in [6.45, 7) is 2.68. The number of aromatic nitrogens is 2. The molecule has 1 rings (SSSR count). The maximum Gasteiger partial charge on any atom is 0.313 e. The monoisotopic (exact) mass is 246 g/mol. The first-order chi connectivity index (χ1) is 6.19. The van der Waals surface area contributed by atoms with E-state index >= 15 is 0 Å². The van der Waals surface area contributed by atoms with Crippen LogP contribution in [0.3, 0.4) is 0 Å². The van der Waals surface area contributed by atoms with Gasteiger partial charge in [-0.15, -0.1) is 0 Å². The van der Waals surface area contributed by atoms with Crippen molar-refractivity contribution in [3.8, 4) is 5.88 Å². The van der Waals surface area contributed by atoms with Crippen LogP contribution in [-0.4, -0.2) is 16.7 Å². The number of rotatable bonds is 3. The SMILES string of the molecule is CCCn1cc(Br)nc(OC)c1=O. The Kier molecular flexibility index (Phi) is 3.48.